The molecular weight excluding hydrogens is 368 g/mol. The number of carbonyl (C=O) groups is 1. The minimum Gasteiger partial charge on any atom is -0.465 e. The molecule has 0 saturated carbocycles. The van der Waals surface area contributed by atoms with Crippen LogP contribution in [0.3, 0.4) is 0 Å². The van der Waals surface area contributed by atoms with Crippen molar-refractivity contribution in [2.75, 3.05) is 12.4 Å². The molecular formula is C20H23ClN2O2S. The third-order valence-corrected chi connectivity index (χ3v) is 4.66. The minimum atomic E-state index is -0.427. The Morgan fingerprint density at radius 1 is 1.19 bits per heavy atom. The number of aryl methyl sites for hydroxylation is 1. The zero-order valence-electron chi connectivity index (χ0n) is 15.3. The maximum atomic E-state index is 11.7. The third-order valence-electron chi connectivity index (χ3n) is 4.11. The summed E-state index contributed by atoms with van der Waals surface area (Å²) < 4.78 is 4.74. The number of halogens is 1. The van der Waals surface area contributed by atoms with Gasteiger partial charge in [0.15, 0.2) is 5.11 Å². The second-order valence-electron chi connectivity index (χ2n) is 6.36. The van der Waals surface area contributed by atoms with E-state index < -0.39 is 5.97 Å². The van der Waals surface area contributed by atoms with Gasteiger partial charge in [-0.1, -0.05) is 49.7 Å². The average molecular weight is 391 g/mol. The normalized spacial score (nSPS) is 11.8. The van der Waals surface area contributed by atoms with Gasteiger partial charge in [-0.15, -0.1) is 0 Å². The first-order valence-electron chi connectivity index (χ1n) is 8.34. The predicted molar refractivity (Wildman–Crippen MR) is 111 cm³/mol. The molecule has 0 aromatic heterocycles. The molecule has 2 N–H and O–H groups in total. The first-order valence-corrected chi connectivity index (χ1v) is 9.13. The van der Waals surface area contributed by atoms with Gasteiger partial charge in [0.2, 0.25) is 0 Å². The van der Waals surface area contributed by atoms with Crippen molar-refractivity contribution in [1.29, 1.82) is 0 Å². The summed E-state index contributed by atoms with van der Waals surface area (Å²) in [6.07, 6.45) is 0. The SMILES string of the molecule is COC(=O)c1ccc(Cl)c(NC(=S)NC(c2ccccc2C)C(C)C)c1. The maximum absolute atomic E-state index is 11.7. The van der Waals surface area contributed by atoms with Gasteiger partial charge in [0.1, 0.15) is 0 Å². The molecule has 1 atom stereocenters. The Bertz CT molecular complexity index is 808. The van der Waals surface area contributed by atoms with E-state index in [9.17, 15) is 4.79 Å². The number of ether oxygens (including phenoxy) is 1. The second kappa shape index (κ2) is 9.01. The van der Waals surface area contributed by atoms with Crippen LogP contribution >= 0.6 is 23.8 Å². The molecule has 0 amide bonds. The van der Waals surface area contributed by atoms with Crippen LogP contribution in [0.5, 0.6) is 0 Å². The molecule has 0 fully saturated rings. The highest BCUT2D eigenvalue weighted by atomic mass is 35.5. The highest BCUT2D eigenvalue weighted by Gasteiger charge is 2.19. The Labute approximate surface area is 164 Å². The zero-order valence-corrected chi connectivity index (χ0v) is 16.9. The van der Waals surface area contributed by atoms with Crippen molar-refractivity contribution < 1.29 is 9.53 Å². The van der Waals surface area contributed by atoms with Gasteiger partial charge >= 0.3 is 5.97 Å². The van der Waals surface area contributed by atoms with Crippen LogP contribution < -0.4 is 10.6 Å². The number of benzene rings is 2. The summed E-state index contributed by atoms with van der Waals surface area (Å²) in [5.74, 6) is -0.101. The first-order chi connectivity index (χ1) is 12.3. The Morgan fingerprint density at radius 3 is 2.50 bits per heavy atom. The number of anilines is 1. The van der Waals surface area contributed by atoms with E-state index >= 15 is 0 Å². The lowest BCUT2D eigenvalue weighted by atomic mass is 9.93. The molecule has 0 radical (unpaired) electrons. The highest BCUT2D eigenvalue weighted by Crippen LogP contribution is 2.26. The molecule has 0 heterocycles. The molecule has 0 aliphatic rings. The van der Waals surface area contributed by atoms with E-state index in [1.54, 1.807) is 18.2 Å². The molecule has 6 heteroatoms. The van der Waals surface area contributed by atoms with E-state index in [1.165, 1.54) is 18.2 Å². The van der Waals surface area contributed by atoms with E-state index in [4.69, 9.17) is 28.6 Å². The van der Waals surface area contributed by atoms with Crippen molar-refractivity contribution in [3.8, 4) is 0 Å². The molecule has 0 saturated heterocycles. The van der Waals surface area contributed by atoms with Gasteiger partial charge in [-0.2, -0.15) is 0 Å². The van der Waals surface area contributed by atoms with Crippen LogP contribution in [0.15, 0.2) is 42.5 Å². The van der Waals surface area contributed by atoms with Crippen LogP contribution in [0.25, 0.3) is 0 Å². The van der Waals surface area contributed by atoms with Crippen molar-refractivity contribution in [1.82, 2.24) is 5.32 Å². The number of thiocarbonyl (C=S) groups is 1. The van der Waals surface area contributed by atoms with Gasteiger partial charge in [-0.25, -0.2) is 4.79 Å². The van der Waals surface area contributed by atoms with E-state index in [1.807, 2.05) is 12.1 Å². The van der Waals surface area contributed by atoms with Crippen molar-refractivity contribution in [3.05, 3.63) is 64.2 Å². The fourth-order valence-corrected chi connectivity index (χ4v) is 3.11. The molecule has 0 aliphatic carbocycles. The molecule has 0 aliphatic heterocycles. The Hall–Kier alpha value is -2.11. The zero-order chi connectivity index (χ0) is 19.3. The van der Waals surface area contributed by atoms with E-state index in [0.29, 0.717) is 27.3 Å². The van der Waals surface area contributed by atoms with E-state index in [2.05, 4.69) is 43.5 Å². The summed E-state index contributed by atoms with van der Waals surface area (Å²) in [4.78, 5) is 11.7. The molecule has 2 rings (SSSR count). The number of methoxy groups -OCH3 is 1. The second-order valence-corrected chi connectivity index (χ2v) is 7.18. The monoisotopic (exact) mass is 390 g/mol. The third kappa shape index (κ3) is 4.96. The van der Waals surface area contributed by atoms with E-state index in [-0.39, 0.29) is 6.04 Å². The summed E-state index contributed by atoms with van der Waals surface area (Å²) in [5, 5.41) is 7.35. The topological polar surface area (TPSA) is 50.4 Å². The van der Waals surface area contributed by atoms with Crippen LogP contribution in [-0.4, -0.2) is 18.2 Å². The van der Waals surface area contributed by atoms with Gasteiger partial charge in [-0.05, 0) is 54.4 Å². The largest absolute Gasteiger partial charge is 0.465 e. The molecule has 0 bridgehead atoms. The van der Waals surface area contributed by atoms with Gasteiger partial charge < -0.3 is 15.4 Å². The van der Waals surface area contributed by atoms with Crippen molar-refractivity contribution in [2.45, 2.75) is 26.8 Å². The van der Waals surface area contributed by atoms with Gasteiger partial charge in [0, 0.05) is 0 Å². The fraction of sp³-hybridized carbons (Fsp3) is 0.300. The standard InChI is InChI=1S/C20H23ClN2O2S/c1-12(2)18(15-8-6-5-7-13(15)3)23-20(26)22-17-11-14(19(24)25-4)9-10-16(17)21/h5-12,18H,1-4H3,(H2,22,23,26). The van der Waals surface area contributed by atoms with Crippen molar-refractivity contribution in [3.63, 3.8) is 0 Å². The van der Waals surface area contributed by atoms with Crippen LogP contribution in [0.1, 0.15) is 41.4 Å². The predicted octanol–water partition coefficient (Wildman–Crippen LogP) is 5.12. The lowest BCUT2D eigenvalue weighted by molar-refractivity contribution is 0.0601. The Balaban J connectivity index is 2.19. The lowest BCUT2D eigenvalue weighted by Crippen LogP contribution is -2.35. The first kappa shape index (κ1) is 20.2. The smallest absolute Gasteiger partial charge is 0.337 e. The van der Waals surface area contributed by atoms with Gasteiger partial charge in [0.25, 0.3) is 0 Å². The molecule has 138 valence electrons. The minimum absolute atomic E-state index is 0.0544. The molecule has 4 nitrogen and oxygen atoms in total. The summed E-state index contributed by atoms with van der Waals surface area (Å²) in [5.41, 5.74) is 3.36. The number of hydrogen-bond acceptors (Lipinski definition) is 3. The fourth-order valence-electron chi connectivity index (χ4n) is 2.70. The molecule has 2 aromatic carbocycles. The Kier molecular flexibility index (Phi) is 7.00. The number of rotatable bonds is 5. The average Bonchev–Trinajstić information content (AvgIpc) is 2.61. The summed E-state index contributed by atoms with van der Waals surface area (Å²) >= 11 is 11.7. The van der Waals surface area contributed by atoms with Gasteiger partial charge in [0.05, 0.1) is 29.4 Å². The summed E-state index contributed by atoms with van der Waals surface area (Å²) in [6, 6.07) is 13.1. The Morgan fingerprint density at radius 2 is 1.88 bits per heavy atom. The lowest BCUT2D eigenvalue weighted by Gasteiger charge is -2.26. The van der Waals surface area contributed by atoms with Crippen LogP contribution in [0.2, 0.25) is 5.02 Å². The summed E-state index contributed by atoms with van der Waals surface area (Å²) in [6.45, 7) is 6.36. The van der Waals surface area contributed by atoms with Gasteiger partial charge in [-0.3, -0.25) is 0 Å². The van der Waals surface area contributed by atoms with Crippen molar-refractivity contribution >= 4 is 40.6 Å². The number of carbonyl (C=O) groups excluding carboxylic acids is 1. The van der Waals surface area contributed by atoms with E-state index in [0.717, 1.165) is 0 Å². The highest BCUT2D eigenvalue weighted by molar-refractivity contribution is 7.80. The maximum Gasteiger partial charge on any atom is 0.337 e. The summed E-state index contributed by atoms with van der Waals surface area (Å²) in [7, 11) is 1.34. The number of hydrogen-bond donors (Lipinski definition) is 2. The quantitative estimate of drug-likeness (QED) is 0.548. The van der Waals surface area contributed by atoms with Crippen molar-refractivity contribution in [2.24, 2.45) is 5.92 Å². The number of nitrogens with one attached hydrogen (secondary N) is 2. The van der Waals surface area contributed by atoms with Crippen LogP contribution in [0, 0.1) is 12.8 Å². The number of esters is 1. The molecule has 2 aromatic rings. The molecule has 0 spiro atoms. The molecule has 26 heavy (non-hydrogen) atoms. The molecule has 1 unspecified atom stereocenters. The van der Waals surface area contributed by atoms with Crippen LogP contribution in [-0.2, 0) is 4.74 Å². The van der Waals surface area contributed by atoms with Crippen LogP contribution in [0.4, 0.5) is 5.69 Å².